The van der Waals surface area contributed by atoms with Gasteiger partial charge in [-0.05, 0) is 104 Å². The maximum absolute atomic E-state index is 11.7. The van der Waals surface area contributed by atoms with Gasteiger partial charge in [0.25, 0.3) is 0 Å². The molecule has 304 valence electrons. The van der Waals surface area contributed by atoms with Crippen molar-refractivity contribution >= 4 is 61.4 Å². The number of hydrogen-bond acceptors (Lipinski definition) is 8. The first-order valence-electron chi connectivity index (χ1n) is 19.6. The molecule has 2 aliphatic heterocycles. The van der Waals surface area contributed by atoms with Crippen LogP contribution in [0.25, 0.3) is 65.9 Å². The van der Waals surface area contributed by atoms with Gasteiger partial charge in [-0.25, -0.2) is 14.8 Å². The van der Waals surface area contributed by atoms with E-state index in [1.807, 2.05) is 85.5 Å². The fourth-order valence-corrected chi connectivity index (χ4v) is 8.13. The van der Waals surface area contributed by atoms with Gasteiger partial charge in [-0.2, -0.15) is 0 Å². The second kappa shape index (κ2) is 17.8. The Kier molecular flexibility index (Phi) is 12.3. The van der Waals surface area contributed by atoms with Crippen LogP contribution in [0.3, 0.4) is 0 Å². The third-order valence-corrected chi connectivity index (χ3v) is 11.3. The van der Waals surface area contributed by atoms with Crippen molar-refractivity contribution in [2.75, 3.05) is 26.2 Å². The number of amides is 2. The van der Waals surface area contributed by atoms with E-state index in [4.69, 9.17) is 4.74 Å². The van der Waals surface area contributed by atoms with E-state index in [0.29, 0.717) is 31.9 Å². The molecule has 62 heavy (non-hydrogen) atoms. The fraction of sp³-hybridized carbons (Fsp3) is 0.122. The summed E-state index contributed by atoms with van der Waals surface area (Å²) in [6.45, 7) is 13.2. The van der Waals surface area contributed by atoms with Crippen LogP contribution in [0.2, 0.25) is 0 Å². The van der Waals surface area contributed by atoms with Crippen molar-refractivity contribution < 1.29 is 48.6 Å². The zero-order valence-electron chi connectivity index (χ0n) is 34.1. The van der Waals surface area contributed by atoms with Crippen LogP contribution in [0.5, 0.6) is 11.5 Å². The number of phenolic OH excluding ortho intramolecular Hbond substituents is 1. The second-order valence-electron chi connectivity index (χ2n) is 14.9. The quantitative estimate of drug-likeness (QED) is 0.0917. The Morgan fingerprint density at radius 2 is 1.08 bits per heavy atom. The summed E-state index contributed by atoms with van der Waals surface area (Å²) in [6, 6.07) is 36.1. The van der Waals surface area contributed by atoms with Crippen LogP contribution >= 0.6 is 0 Å². The predicted molar refractivity (Wildman–Crippen MR) is 236 cm³/mol. The van der Waals surface area contributed by atoms with Crippen LogP contribution in [0.4, 0.5) is 0 Å². The Bertz CT molecular complexity index is 3050. The summed E-state index contributed by atoms with van der Waals surface area (Å²) in [5, 5.41) is 14.3. The number of nitrogens with zero attached hydrogens (tertiary/aromatic N) is 6. The molecule has 0 bridgehead atoms. The van der Waals surface area contributed by atoms with Crippen LogP contribution in [0.15, 0.2) is 160 Å². The molecule has 6 aromatic carbocycles. The molecule has 0 atom stereocenters. The fourth-order valence-electron chi connectivity index (χ4n) is 8.13. The molecule has 12 nitrogen and oxygen atoms in total. The van der Waals surface area contributed by atoms with Gasteiger partial charge in [-0.3, -0.25) is 9.59 Å². The van der Waals surface area contributed by atoms with Crippen LogP contribution in [0, 0.1) is 0 Å². The van der Waals surface area contributed by atoms with Crippen molar-refractivity contribution in [1.29, 1.82) is 0 Å². The van der Waals surface area contributed by atoms with Gasteiger partial charge in [-0.15, -0.1) is 0 Å². The number of carbonyl (C=O) groups excluding carboxylic acids is 3. The van der Waals surface area contributed by atoms with Crippen molar-refractivity contribution in [2.45, 2.75) is 12.1 Å². The number of aromatic nitrogens is 4. The minimum Gasteiger partial charge on any atom is -0.870 e. The van der Waals surface area contributed by atoms with Crippen molar-refractivity contribution in [3.8, 4) is 33.8 Å². The molecule has 2 saturated heterocycles. The molecule has 0 unspecified atom stereocenters. The summed E-state index contributed by atoms with van der Waals surface area (Å²) < 4.78 is 9.65. The number of esters is 1. The number of carbonyl (C=O) groups is 3. The molecule has 2 fully saturated rings. The number of likely N-dealkylation sites (tertiary alicyclic amines) is 2. The monoisotopic (exact) mass is 816 g/mol. The summed E-state index contributed by atoms with van der Waals surface area (Å²) in [5.74, 6) is 0.150. The molecule has 0 radical (unpaired) electrons. The van der Waals surface area contributed by atoms with Crippen molar-refractivity contribution in [1.82, 2.24) is 28.9 Å². The van der Waals surface area contributed by atoms with E-state index < -0.39 is 5.97 Å². The predicted octanol–water partition coefficient (Wildman–Crippen LogP) is 5.48. The number of rotatable bonds is 8. The van der Waals surface area contributed by atoms with Crippen LogP contribution in [0.1, 0.15) is 12.1 Å². The number of fused-ring (bicyclic) bond motifs is 4. The van der Waals surface area contributed by atoms with E-state index in [2.05, 4.69) is 63.1 Å². The summed E-state index contributed by atoms with van der Waals surface area (Å²) in [4.78, 5) is 47.9. The summed E-state index contributed by atoms with van der Waals surface area (Å²) in [7, 11) is 0. The van der Waals surface area contributed by atoms with E-state index in [0.717, 1.165) is 71.9 Å². The topological polar surface area (TPSA) is 153 Å². The summed E-state index contributed by atoms with van der Waals surface area (Å²) in [6.07, 6.45) is 7.52. The largest absolute Gasteiger partial charge is 1.00 e. The third kappa shape index (κ3) is 8.02. The van der Waals surface area contributed by atoms with Crippen molar-refractivity contribution in [3.63, 3.8) is 0 Å². The minimum atomic E-state index is -0.495. The number of aromatic hydroxyl groups is 1. The standard InChI is InChI=1S/C26H21N3O3.C23H19N3O2.Li.H2O/c1-3-25(30)28-14-19(15-28)29-16-27-23-12-18(9-10-24(23)29)22-13-20(32-26(31)4-2)11-17-7-5-6-8-21(17)22;1-2-23(28)25-12-17(13-25)26-14-24-21-10-16(7-8-22(21)26)20-11-18(27)9-15-5-3-4-6-19(15)20;;/h3-13,16,19H,1-2,14-15H2;2-11,14,17,27H,1,12-13H2;;1H2/q;;+1;/p-1. The van der Waals surface area contributed by atoms with E-state index in [1.54, 1.807) is 21.9 Å². The first kappa shape index (κ1) is 42.9. The molecule has 8 aromatic rings. The van der Waals surface area contributed by atoms with Crippen molar-refractivity contribution in [3.05, 3.63) is 160 Å². The van der Waals surface area contributed by atoms with Crippen LogP contribution in [-0.2, 0) is 14.4 Å². The Hall–Kier alpha value is -7.23. The minimum absolute atomic E-state index is 0. The Morgan fingerprint density at radius 3 is 1.56 bits per heavy atom. The normalized spacial score (nSPS) is 13.5. The molecule has 2 aromatic heterocycles. The zero-order valence-corrected chi connectivity index (χ0v) is 34.1. The molecule has 0 saturated carbocycles. The number of ether oxygens (including phenoxy) is 1. The van der Waals surface area contributed by atoms with Gasteiger partial charge in [0.15, 0.2) is 0 Å². The zero-order chi connectivity index (χ0) is 41.5. The molecule has 2 N–H and O–H groups in total. The Morgan fingerprint density at radius 1 is 0.613 bits per heavy atom. The maximum atomic E-state index is 11.7. The first-order chi connectivity index (χ1) is 29.2. The number of benzene rings is 6. The SMILES string of the molecule is C=CC(=O)N1CC(n2cnc3cc(-c4cc(O)cc5ccccc45)ccc32)C1.C=CC(=O)Oc1cc(-c2ccc3c(c2)ncn3C2CN(C(=O)C=C)C2)c2ccccc2c1.[Li+].[OH-]. The molecule has 0 spiro atoms. The average Bonchev–Trinajstić information content (AvgIpc) is 3.85. The van der Waals surface area contributed by atoms with Crippen molar-refractivity contribution in [2.24, 2.45) is 0 Å². The van der Waals surface area contributed by atoms with Gasteiger partial charge >= 0.3 is 24.8 Å². The Balaban J connectivity index is 0.000000182. The number of imidazole rings is 2. The first-order valence-corrected chi connectivity index (χ1v) is 19.6. The summed E-state index contributed by atoms with van der Waals surface area (Å²) >= 11 is 0. The third-order valence-electron chi connectivity index (χ3n) is 11.3. The number of hydrogen-bond donors (Lipinski definition) is 1. The van der Waals surface area contributed by atoms with Crippen LogP contribution < -0.4 is 23.6 Å². The molecule has 13 heteroatoms. The van der Waals surface area contributed by atoms with Crippen LogP contribution in [-0.4, -0.2) is 83.4 Å². The second-order valence-corrected chi connectivity index (χ2v) is 14.9. The van der Waals surface area contributed by atoms with E-state index in [-0.39, 0.29) is 54.0 Å². The van der Waals surface area contributed by atoms with E-state index in [1.165, 1.54) is 12.2 Å². The van der Waals surface area contributed by atoms with Gasteiger partial charge in [0, 0.05) is 32.3 Å². The van der Waals surface area contributed by atoms with Gasteiger partial charge in [0.05, 0.1) is 46.8 Å². The maximum Gasteiger partial charge on any atom is 1.00 e. The van der Waals surface area contributed by atoms with Gasteiger partial charge < -0.3 is 34.3 Å². The molecule has 4 heterocycles. The molecular weight excluding hydrogens is 776 g/mol. The molecule has 2 amide bonds. The molecular formula is C49H41LiN6O6. The van der Waals surface area contributed by atoms with E-state index in [9.17, 15) is 19.5 Å². The molecule has 10 rings (SSSR count). The molecule has 0 aliphatic carbocycles. The van der Waals surface area contributed by atoms with Gasteiger partial charge in [0.1, 0.15) is 11.5 Å². The smallest absolute Gasteiger partial charge is 0.870 e. The molecule has 2 aliphatic rings. The van der Waals surface area contributed by atoms with Gasteiger partial charge in [-0.1, -0.05) is 80.4 Å². The Labute approximate surface area is 369 Å². The summed E-state index contributed by atoms with van der Waals surface area (Å²) in [5.41, 5.74) is 7.77. The van der Waals surface area contributed by atoms with Gasteiger partial charge in [0.2, 0.25) is 11.8 Å². The average molecular weight is 817 g/mol. The van der Waals surface area contributed by atoms with E-state index >= 15 is 0 Å². The number of phenols is 1.